The number of aromatic amines is 1. The molecule has 142 valence electrons. The van der Waals surface area contributed by atoms with Gasteiger partial charge in [0, 0.05) is 18.0 Å². The van der Waals surface area contributed by atoms with Gasteiger partial charge in [-0.05, 0) is 13.0 Å². The first kappa shape index (κ1) is 16.6. The monoisotopic (exact) mass is 379 g/mol. The standard InChI is InChI=1S/C17H17N9O2/c1-10-13-11(28-6-5-25-4-2-3-22-25)7-12(27)23-16(13)26(24-10)17-14-15(19-8-18-14)20-9-21-17/h2-4,8-9,11H,5-7H2,1H3,(H,23,27)(H,18,19,20,21). The maximum Gasteiger partial charge on any atom is 0.228 e. The zero-order valence-corrected chi connectivity index (χ0v) is 15.0. The summed E-state index contributed by atoms with van der Waals surface area (Å²) in [4.78, 5) is 28.0. The van der Waals surface area contributed by atoms with Crippen molar-refractivity contribution in [1.29, 1.82) is 0 Å². The topological polar surface area (TPSA) is 128 Å². The van der Waals surface area contributed by atoms with Crippen LogP contribution in [0.25, 0.3) is 17.0 Å². The third-order valence-electron chi connectivity index (χ3n) is 4.66. The molecule has 0 aliphatic carbocycles. The van der Waals surface area contributed by atoms with Gasteiger partial charge >= 0.3 is 0 Å². The molecule has 0 fully saturated rings. The fourth-order valence-corrected chi connectivity index (χ4v) is 3.43. The number of amides is 1. The maximum atomic E-state index is 12.3. The summed E-state index contributed by atoms with van der Waals surface area (Å²) in [5.41, 5.74) is 2.79. The number of carbonyl (C=O) groups is 1. The highest BCUT2D eigenvalue weighted by Crippen LogP contribution is 2.37. The highest BCUT2D eigenvalue weighted by atomic mass is 16.5. The Morgan fingerprint density at radius 3 is 3.11 bits per heavy atom. The smallest absolute Gasteiger partial charge is 0.228 e. The quantitative estimate of drug-likeness (QED) is 0.532. The van der Waals surface area contributed by atoms with Gasteiger partial charge in [-0.25, -0.2) is 15.0 Å². The Hall–Kier alpha value is -3.60. The van der Waals surface area contributed by atoms with E-state index in [-0.39, 0.29) is 18.4 Å². The first-order valence-electron chi connectivity index (χ1n) is 8.83. The molecule has 4 aromatic heterocycles. The number of nitrogens with one attached hydrogen (secondary N) is 2. The number of anilines is 1. The van der Waals surface area contributed by atoms with E-state index >= 15 is 0 Å². The zero-order chi connectivity index (χ0) is 19.1. The van der Waals surface area contributed by atoms with Gasteiger partial charge < -0.3 is 15.0 Å². The summed E-state index contributed by atoms with van der Waals surface area (Å²) in [5, 5.41) is 11.7. The van der Waals surface area contributed by atoms with Crippen LogP contribution < -0.4 is 5.32 Å². The summed E-state index contributed by atoms with van der Waals surface area (Å²) in [7, 11) is 0. The number of imidazole rings is 1. The van der Waals surface area contributed by atoms with Gasteiger partial charge in [-0.3, -0.25) is 9.48 Å². The van der Waals surface area contributed by atoms with Gasteiger partial charge in [-0.1, -0.05) is 0 Å². The number of hydrogen-bond donors (Lipinski definition) is 2. The SMILES string of the molecule is Cc1nn(-c2ncnc3nc[nH]c23)c2c1C(OCCn1cccn1)CC(=O)N2. The highest BCUT2D eigenvalue weighted by molar-refractivity contribution is 5.94. The van der Waals surface area contributed by atoms with Crippen molar-refractivity contribution in [2.45, 2.75) is 26.0 Å². The molecule has 1 aliphatic rings. The predicted molar refractivity (Wildman–Crippen MR) is 97.7 cm³/mol. The lowest BCUT2D eigenvalue weighted by molar-refractivity contribution is -0.119. The Balaban J connectivity index is 1.50. The molecular weight excluding hydrogens is 362 g/mol. The number of H-pyrrole nitrogens is 1. The number of ether oxygens (including phenoxy) is 1. The van der Waals surface area contributed by atoms with Crippen LogP contribution in [-0.4, -0.2) is 52.0 Å². The van der Waals surface area contributed by atoms with Gasteiger partial charge in [0.1, 0.15) is 17.7 Å². The van der Waals surface area contributed by atoms with E-state index in [0.717, 1.165) is 11.3 Å². The highest BCUT2D eigenvalue weighted by Gasteiger charge is 2.33. The van der Waals surface area contributed by atoms with Gasteiger partial charge in [-0.15, -0.1) is 0 Å². The Kier molecular flexibility index (Phi) is 3.86. The third kappa shape index (κ3) is 2.72. The predicted octanol–water partition coefficient (Wildman–Crippen LogP) is 1.14. The fourth-order valence-electron chi connectivity index (χ4n) is 3.43. The summed E-state index contributed by atoms with van der Waals surface area (Å²) in [6.45, 7) is 2.93. The summed E-state index contributed by atoms with van der Waals surface area (Å²) in [5.74, 6) is 0.949. The molecule has 5 heterocycles. The van der Waals surface area contributed by atoms with Crippen molar-refractivity contribution in [3.8, 4) is 5.82 Å². The van der Waals surface area contributed by atoms with Crippen LogP contribution in [0, 0.1) is 6.92 Å². The number of aryl methyl sites for hydroxylation is 1. The fraction of sp³-hybridized carbons (Fsp3) is 0.294. The Labute approximate surface area is 158 Å². The molecule has 11 heteroatoms. The van der Waals surface area contributed by atoms with Crippen LogP contribution in [0.3, 0.4) is 0 Å². The molecule has 0 saturated carbocycles. The van der Waals surface area contributed by atoms with Crippen molar-refractivity contribution in [1.82, 2.24) is 39.5 Å². The Morgan fingerprint density at radius 2 is 2.25 bits per heavy atom. The minimum absolute atomic E-state index is 0.132. The molecule has 0 saturated heterocycles. The van der Waals surface area contributed by atoms with E-state index in [9.17, 15) is 4.79 Å². The molecule has 4 aromatic rings. The van der Waals surface area contributed by atoms with Gasteiger partial charge in [0.25, 0.3) is 0 Å². The van der Waals surface area contributed by atoms with Crippen molar-refractivity contribution in [3.05, 3.63) is 42.4 Å². The van der Waals surface area contributed by atoms with E-state index in [4.69, 9.17) is 4.74 Å². The van der Waals surface area contributed by atoms with Crippen molar-refractivity contribution in [3.63, 3.8) is 0 Å². The van der Waals surface area contributed by atoms with Gasteiger partial charge in [0.15, 0.2) is 11.5 Å². The Morgan fingerprint density at radius 1 is 1.32 bits per heavy atom. The van der Waals surface area contributed by atoms with Crippen LogP contribution in [0.2, 0.25) is 0 Å². The van der Waals surface area contributed by atoms with Crippen LogP contribution in [0.15, 0.2) is 31.1 Å². The zero-order valence-electron chi connectivity index (χ0n) is 15.0. The van der Waals surface area contributed by atoms with E-state index in [1.165, 1.54) is 6.33 Å². The average Bonchev–Trinajstić information content (AvgIpc) is 3.41. The second kappa shape index (κ2) is 6.53. The summed E-state index contributed by atoms with van der Waals surface area (Å²) in [6.07, 6.45) is 6.42. The van der Waals surface area contributed by atoms with Crippen LogP contribution >= 0.6 is 0 Å². The lowest BCUT2D eigenvalue weighted by Crippen LogP contribution is -2.26. The minimum Gasteiger partial charge on any atom is -0.371 e. The lowest BCUT2D eigenvalue weighted by atomic mass is 10.0. The number of rotatable bonds is 5. The largest absolute Gasteiger partial charge is 0.371 e. The van der Waals surface area contributed by atoms with Crippen LogP contribution in [0.5, 0.6) is 0 Å². The molecule has 28 heavy (non-hydrogen) atoms. The van der Waals surface area contributed by atoms with Crippen LogP contribution in [0.1, 0.15) is 23.8 Å². The third-order valence-corrected chi connectivity index (χ3v) is 4.66. The second-order valence-corrected chi connectivity index (χ2v) is 6.44. The average molecular weight is 379 g/mol. The minimum atomic E-state index is -0.382. The van der Waals surface area contributed by atoms with Gasteiger partial charge in [-0.2, -0.15) is 14.9 Å². The molecule has 5 rings (SSSR count). The number of nitrogens with zero attached hydrogens (tertiary/aromatic N) is 7. The molecule has 0 spiro atoms. The molecule has 1 amide bonds. The molecule has 1 unspecified atom stereocenters. The molecule has 11 nitrogen and oxygen atoms in total. The lowest BCUT2D eigenvalue weighted by Gasteiger charge is -2.24. The Bertz CT molecular complexity index is 1150. The van der Waals surface area contributed by atoms with Crippen molar-refractivity contribution in [2.24, 2.45) is 0 Å². The molecule has 2 N–H and O–H groups in total. The summed E-state index contributed by atoms with van der Waals surface area (Å²) < 4.78 is 9.42. The van der Waals surface area contributed by atoms with Crippen LogP contribution in [0.4, 0.5) is 5.82 Å². The molecular formula is C17H17N9O2. The van der Waals surface area contributed by atoms with Crippen LogP contribution in [-0.2, 0) is 16.1 Å². The molecule has 0 radical (unpaired) electrons. The summed E-state index contributed by atoms with van der Waals surface area (Å²) in [6, 6.07) is 1.86. The van der Waals surface area contributed by atoms with E-state index in [1.54, 1.807) is 21.9 Å². The summed E-state index contributed by atoms with van der Waals surface area (Å²) >= 11 is 0. The second-order valence-electron chi connectivity index (χ2n) is 6.44. The van der Waals surface area contributed by atoms with Gasteiger partial charge in [0.2, 0.25) is 5.91 Å². The number of fused-ring (bicyclic) bond motifs is 2. The van der Waals surface area contributed by atoms with Crippen molar-refractivity contribution < 1.29 is 9.53 Å². The molecule has 1 atom stereocenters. The van der Waals surface area contributed by atoms with E-state index in [1.807, 2.05) is 19.2 Å². The maximum absolute atomic E-state index is 12.3. The van der Waals surface area contributed by atoms with Crippen molar-refractivity contribution >= 4 is 22.9 Å². The van der Waals surface area contributed by atoms with E-state index < -0.39 is 0 Å². The van der Waals surface area contributed by atoms with E-state index in [2.05, 4.69) is 35.5 Å². The first-order chi connectivity index (χ1) is 13.7. The first-order valence-corrected chi connectivity index (χ1v) is 8.83. The molecule has 0 bridgehead atoms. The van der Waals surface area contributed by atoms with E-state index in [0.29, 0.717) is 36.0 Å². The van der Waals surface area contributed by atoms with Gasteiger partial charge in [0.05, 0.1) is 37.7 Å². The van der Waals surface area contributed by atoms with Crippen molar-refractivity contribution in [2.75, 3.05) is 11.9 Å². The number of aromatic nitrogens is 8. The number of carbonyl (C=O) groups excluding carboxylic acids is 1. The molecule has 0 aromatic carbocycles. The molecule has 1 aliphatic heterocycles. The number of hydrogen-bond acceptors (Lipinski definition) is 7. The normalized spacial score (nSPS) is 16.3.